The van der Waals surface area contributed by atoms with Crippen LogP contribution in [0.3, 0.4) is 0 Å². The molecular formula is C25H29NO2. The van der Waals surface area contributed by atoms with E-state index in [1.54, 1.807) is 0 Å². The smallest absolute Gasteiger partial charge is 0.123 e. The number of fused-ring (bicyclic) bond motifs is 1. The zero-order chi connectivity index (χ0) is 19.6. The van der Waals surface area contributed by atoms with Gasteiger partial charge in [0.2, 0.25) is 0 Å². The Morgan fingerprint density at radius 2 is 1.86 bits per heavy atom. The number of ether oxygens (including phenoxy) is 2. The summed E-state index contributed by atoms with van der Waals surface area (Å²) in [4.78, 5) is 0. The molecule has 0 radical (unpaired) electrons. The number of benzene rings is 2. The number of unbranched alkanes of at least 4 members (excludes halogenated alkanes) is 5. The van der Waals surface area contributed by atoms with Crippen LogP contribution in [0.4, 0.5) is 0 Å². The summed E-state index contributed by atoms with van der Waals surface area (Å²) in [7, 11) is 0. The van der Waals surface area contributed by atoms with E-state index in [4.69, 9.17) is 9.47 Å². The molecule has 146 valence electrons. The van der Waals surface area contributed by atoms with E-state index in [9.17, 15) is 5.26 Å². The second-order valence-corrected chi connectivity index (χ2v) is 7.28. The van der Waals surface area contributed by atoms with Gasteiger partial charge in [0.25, 0.3) is 0 Å². The third-order valence-corrected chi connectivity index (χ3v) is 5.08. The fraction of sp³-hybridized carbons (Fsp3) is 0.400. The quantitative estimate of drug-likeness (QED) is 0.273. The summed E-state index contributed by atoms with van der Waals surface area (Å²) in [5.41, 5.74) is 3.76. The molecule has 0 N–H and O–H groups in total. The normalized spacial score (nSPS) is 12.9. The number of nitriles is 1. The van der Waals surface area contributed by atoms with Crippen LogP contribution in [0.25, 0.3) is 11.6 Å². The summed E-state index contributed by atoms with van der Waals surface area (Å²) in [6.07, 6.45) is 10.4. The highest BCUT2D eigenvalue weighted by molar-refractivity contribution is 5.89. The minimum Gasteiger partial charge on any atom is -0.494 e. The molecule has 1 aliphatic heterocycles. The van der Waals surface area contributed by atoms with E-state index in [2.05, 4.69) is 19.1 Å². The van der Waals surface area contributed by atoms with Crippen molar-refractivity contribution in [2.45, 2.75) is 51.9 Å². The average molecular weight is 376 g/mol. The largest absolute Gasteiger partial charge is 0.494 e. The molecule has 1 aliphatic rings. The first-order valence-corrected chi connectivity index (χ1v) is 10.4. The second kappa shape index (κ2) is 10.6. The van der Waals surface area contributed by atoms with Crippen molar-refractivity contribution in [3.05, 3.63) is 59.2 Å². The summed E-state index contributed by atoms with van der Waals surface area (Å²) >= 11 is 0. The molecule has 0 atom stereocenters. The third-order valence-electron chi connectivity index (χ3n) is 5.08. The molecule has 0 fully saturated rings. The molecule has 3 rings (SSSR count). The molecule has 0 bridgehead atoms. The van der Waals surface area contributed by atoms with E-state index in [1.807, 2.05) is 42.5 Å². The summed E-state index contributed by atoms with van der Waals surface area (Å²) in [6, 6.07) is 16.3. The van der Waals surface area contributed by atoms with Crippen molar-refractivity contribution >= 4 is 11.6 Å². The lowest BCUT2D eigenvalue weighted by Crippen LogP contribution is -1.97. The lowest BCUT2D eigenvalue weighted by molar-refractivity contribution is 0.304. The Balaban J connectivity index is 1.55. The SMILES string of the molecule is CCCCCCCCOc1ccc(C(C#N)=Cc2ccc3c(c2)OCC3)cc1. The highest BCUT2D eigenvalue weighted by atomic mass is 16.5. The lowest BCUT2D eigenvalue weighted by atomic mass is 10.0. The van der Waals surface area contributed by atoms with Gasteiger partial charge >= 0.3 is 0 Å². The molecule has 0 aliphatic carbocycles. The van der Waals surface area contributed by atoms with Crippen molar-refractivity contribution in [1.29, 1.82) is 5.26 Å². The van der Waals surface area contributed by atoms with Gasteiger partial charge in [-0.2, -0.15) is 5.26 Å². The number of nitrogens with zero attached hydrogens (tertiary/aromatic N) is 1. The average Bonchev–Trinajstić information content (AvgIpc) is 3.20. The Kier molecular flexibility index (Phi) is 7.55. The first-order chi connectivity index (χ1) is 13.8. The Bertz CT molecular complexity index is 831. The standard InChI is InChI=1S/C25H29NO2/c1-2-3-4-5-6-7-15-27-24-12-10-21(11-13-24)23(19-26)17-20-8-9-22-14-16-28-25(22)18-20/h8-13,17-18H,2-7,14-16H2,1H3. The number of allylic oxidation sites excluding steroid dienone is 1. The van der Waals surface area contributed by atoms with Gasteiger partial charge < -0.3 is 9.47 Å². The van der Waals surface area contributed by atoms with Crippen LogP contribution < -0.4 is 9.47 Å². The summed E-state index contributed by atoms with van der Waals surface area (Å²) in [5, 5.41) is 9.58. The zero-order valence-corrected chi connectivity index (χ0v) is 16.7. The van der Waals surface area contributed by atoms with Gasteiger partial charge in [-0.15, -0.1) is 0 Å². The molecular weight excluding hydrogens is 346 g/mol. The Hall–Kier alpha value is -2.73. The maximum absolute atomic E-state index is 9.58. The maximum Gasteiger partial charge on any atom is 0.123 e. The highest BCUT2D eigenvalue weighted by Gasteiger charge is 2.12. The van der Waals surface area contributed by atoms with Crippen LogP contribution in [-0.4, -0.2) is 13.2 Å². The maximum atomic E-state index is 9.58. The first kappa shape index (κ1) is 20.0. The van der Waals surface area contributed by atoms with Gasteiger partial charge in [-0.05, 0) is 59.5 Å². The minimum absolute atomic E-state index is 0.639. The summed E-state index contributed by atoms with van der Waals surface area (Å²) in [5.74, 6) is 1.80. The van der Waals surface area contributed by atoms with Crippen LogP contribution >= 0.6 is 0 Å². The van der Waals surface area contributed by atoms with Crippen molar-refractivity contribution in [2.24, 2.45) is 0 Å². The van der Waals surface area contributed by atoms with Crippen molar-refractivity contribution in [1.82, 2.24) is 0 Å². The van der Waals surface area contributed by atoms with E-state index in [0.717, 1.165) is 48.7 Å². The molecule has 0 saturated carbocycles. The van der Waals surface area contributed by atoms with Crippen LogP contribution in [0.15, 0.2) is 42.5 Å². The van der Waals surface area contributed by atoms with Crippen molar-refractivity contribution in [3.63, 3.8) is 0 Å². The molecule has 0 aromatic heterocycles. The van der Waals surface area contributed by atoms with E-state index < -0.39 is 0 Å². The Labute approximate surface area is 168 Å². The van der Waals surface area contributed by atoms with Crippen LogP contribution in [0.1, 0.15) is 62.1 Å². The molecule has 0 amide bonds. The molecule has 2 aromatic carbocycles. The van der Waals surface area contributed by atoms with Gasteiger partial charge in [0.1, 0.15) is 11.5 Å². The van der Waals surface area contributed by atoms with Crippen LogP contribution in [0, 0.1) is 11.3 Å². The zero-order valence-electron chi connectivity index (χ0n) is 16.7. The monoisotopic (exact) mass is 375 g/mol. The lowest BCUT2D eigenvalue weighted by Gasteiger charge is -2.07. The van der Waals surface area contributed by atoms with E-state index in [1.165, 1.54) is 37.7 Å². The van der Waals surface area contributed by atoms with Crippen LogP contribution in [0.2, 0.25) is 0 Å². The number of hydrogen-bond acceptors (Lipinski definition) is 3. The minimum atomic E-state index is 0.639. The Morgan fingerprint density at radius 3 is 2.64 bits per heavy atom. The van der Waals surface area contributed by atoms with E-state index in [-0.39, 0.29) is 0 Å². The van der Waals surface area contributed by atoms with Gasteiger partial charge in [-0.3, -0.25) is 0 Å². The molecule has 28 heavy (non-hydrogen) atoms. The molecule has 3 heteroatoms. The van der Waals surface area contributed by atoms with Crippen LogP contribution in [-0.2, 0) is 6.42 Å². The van der Waals surface area contributed by atoms with Gasteiger partial charge in [-0.25, -0.2) is 0 Å². The third kappa shape index (κ3) is 5.63. The van der Waals surface area contributed by atoms with Gasteiger partial charge in [0.15, 0.2) is 0 Å². The predicted molar refractivity (Wildman–Crippen MR) is 114 cm³/mol. The summed E-state index contributed by atoms with van der Waals surface area (Å²) in [6.45, 7) is 3.73. The molecule has 0 spiro atoms. The van der Waals surface area contributed by atoms with Gasteiger partial charge in [0.05, 0.1) is 24.9 Å². The summed E-state index contributed by atoms with van der Waals surface area (Å²) < 4.78 is 11.5. The van der Waals surface area contributed by atoms with E-state index in [0.29, 0.717) is 5.57 Å². The molecule has 3 nitrogen and oxygen atoms in total. The topological polar surface area (TPSA) is 42.2 Å². The molecule has 0 saturated heterocycles. The molecule has 2 aromatic rings. The van der Waals surface area contributed by atoms with Crippen molar-refractivity contribution in [2.75, 3.05) is 13.2 Å². The van der Waals surface area contributed by atoms with E-state index >= 15 is 0 Å². The van der Waals surface area contributed by atoms with Gasteiger partial charge in [0, 0.05) is 6.42 Å². The second-order valence-electron chi connectivity index (χ2n) is 7.28. The van der Waals surface area contributed by atoms with Crippen molar-refractivity contribution in [3.8, 4) is 17.6 Å². The highest BCUT2D eigenvalue weighted by Crippen LogP contribution is 2.28. The Morgan fingerprint density at radius 1 is 1.07 bits per heavy atom. The molecule has 1 heterocycles. The first-order valence-electron chi connectivity index (χ1n) is 10.4. The van der Waals surface area contributed by atoms with Crippen LogP contribution in [0.5, 0.6) is 11.5 Å². The van der Waals surface area contributed by atoms with Gasteiger partial charge in [-0.1, -0.05) is 51.2 Å². The fourth-order valence-corrected chi connectivity index (χ4v) is 3.42. The van der Waals surface area contributed by atoms with Crippen molar-refractivity contribution < 1.29 is 9.47 Å². The number of hydrogen-bond donors (Lipinski definition) is 0. The predicted octanol–water partition coefficient (Wildman–Crippen LogP) is 6.42. The molecule has 0 unspecified atom stereocenters. The number of rotatable bonds is 10. The fourth-order valence-electron chi connectivity index (χ4n) is 3.42.